The molecule has 1 fully saturated rings. The average Bonchev–Trinajstić information content (AvgIpc) is 2.61. The van der Waals surface area contributed by atoms with Crippen LogP contribution in [-0.4, -0.2) is 31.2 Å². The molecule has 25 heavy (non-hydrogen) atoms. The van der Waals surface area contributed by atoms with Gasteiger partial charge in [0.2, 0.25) is 0 Å². The van der Waals surface area contributed by atoms with E-state index in [-0.39, 0.29) is 0 Å². The van der Waals surface area contributed by atoms with Crippen LogP contribution in [0.1, 0.15) is 104 Å². The number of rotatable bonds is 12. The summed E-state index contributed by atoms with van der Waals surface area (Å²) in [6.45, 7) is 6.97. The van der Waals surface area contributed by atoms with Crippen molar-refractivity contribution < 1.29 is 5.11 Å². The second kappa shape index (κ2) is 10.3. The zero-order chi connectivity index (χ0) is 18.2. The van der Waals surface area contributed by atoms with Gasteiger partial charge in [-0.05, 0) is 0 Å². The van der Waals surface area contributed by atoms with E-state index in [1.54, 1.807) is 0 Å². The monoisotopic (exact) mass is 451 g/mol. The molecule has 140 valence electrons. The zero-order valence-electron chi connectivity index (χ0n) is 16.6. The SMILES string of the molecule is CCCC[C](CCCC)(CCCC)[Sn][c]1ccc(C2(O)CCC2)nc1. The Bertz CT molecular complexity index is 473. The van der Waals surface area contributed by atoms with E-state index in [1.165, 1.54) is 61.4 Å². The molecule has 1 N–H and O–H groups in total. The third kappa shape index (κ3) is 5.95. The molecule has 0 atom stereocenters. The molecule has 1 heterocycles. The van der Waals surface area contributed by atoms with Gasteiger partial charge in [0.1, 0.15) is 0 Å². The van der Waals surface area contributed by atoms with Crippen LogP contribution in [0.2, 0.25) is 3.43 Å². The van der Waals surface area contributed by atoms with Gasteiger partial charge in [-0.25, -0.2) is 0 Å². The zero-order valence-corrected chi connectivity index (χ0v) is 19.5. The van der Waals surface area contributed by atoms with Gasteiger partial charge in [-0.3, -0.25) is 0 Å². The van der Waals surface area contributed by atoms with Crippen molar-refractivity contribution >= 4 is 24.7 Å². The molecular formula is C22H37NOSn. The van der Waals surface area contributed by atoms with Gasteiger partial charge < -0.3 is 0 Å². The first-order valence-corrected chi connectivity index (χ1v) is 13.4. The summed E-state index contributed by atoms with van der Waals surface area (Å²) in [6.07, 6.45) is 17.3. The summed E-state index contributed by atoms with van der Waals surface area (Å²) in [7, 11) is 0. The maximum atomic E-state index is 10.5. The van der Waals surface area contributed by atoms with Crippen molar-refractivity contribution in [1.82, 2.24) is 4.98 Å². The minimum absolute atomic E-state index is 0.613. The first-order chi connectivity index (χ1) is 12.1. The Balaban J connectivity index is 2.12. The Labute approximate surface area is 165 Å². The van der Waals surface area contributed by atoms with Gasteiger partial charge in [-0.2, -0.15) is 0 Å². The number of hydrogen-bond acceptors (Lipinski definition) is 2. The third-order valence-electron chi connectivity index (χ3n) is 5.86. The summed E-state index contributed by atoms with van der Waals surface area (Å²) >= 11 is -0.695. The van der Waals surface area contributed by atoms with Crippen molar-refractivity contribution in [2.45, 2.75) is 107 Å². The van der Waals surface area contributed by atoms with Crippen LogP contribution in [0.5, 0.6) is 0 Å². The van der Waals surface area contributed by atoms with Crippen molar-refractivity contribution in [3.05, 3.63) is 24.0 Å². The van der Waals surface area contributed by atoms with Crippen molar-refractivity contribution in [1.29, 1.82) is 0 Å². The molecule has 3 heteroatoms. The van der Waals surface area contributed by atoms with Gasteiger partial charge >= 0.3 is 166 Å². The molecule has 1 aliphatic rings. The maximum absolute atomic E-state index is 10.5. The van der Waals surface area contributed by atoms with Gasteiger partial charge in [0.05, 0.1) is 0 Å². The fourth-order valence-corrected chi connectivity index (χ4v) is 9.10. The topological polar surface area (TPSA) is 33.1 Å². The first kappa shape index (κ1) is 21.2. The van der Waals surface area contributed by atoms with E-state index in [4.69, 9.17) is 0 Å². The Kier molecular flexibility index (Phi) is 8.74. The Hall–Kier alpha value is -0.0913. The molecule has 0 saturated heterocycles. The fraction of sp³-hybridized carbons (Fsp3) is 0.773. The van der Waals surface area contributed by atoms with Crippen LogP contribution in [0.15, 0.2) is 18.3 Å². The molecular weight excluding hydrogens is 413 g/mol. The second-order valence-corrected chi connectivity index (χ2v) is 13.4. The molecule has 1 aromatic rings. The molecule has 1 saturated carbocycles. The van der Waals surface area contributed by atoms with Crippen LogP contribution >= 0.6 is 0 Å². The number of unbranched alkanes of at least 4 members (excludes halogenated alkanes) is 3. The fourth-order valence-electron chi connectivity index (χ4n) is 3.93. The number of hydrogen-bond donors (Lipinski definition) is 1. The molecule has 0 amide bonds. The normalized spacial score (nSPS) is 16.6. The number of aromatic nitrogens is 1. The molecule has 1 aliphatic carbocycles. The van der Waals surface area contributed by atoms with Gasteiger partial charge in [0, 0.05) is 0 Å². The quantitative estimate of drug-likeness (QED) is 0.426. The molecule has 0 aromatic carbocycles. The molecule has 1 aromatic heterocycles. The second-order valence-electron chi connectivity index (χ2n) is 8.03. The van der Waals surface area contributed by atoms with E-state index in [0.717, 1.165) is 25.0 Å². The van der Waals surface area contributed by atoms with Gasteiger partial charge in [-0.15, -0.1) is 0 Å². The van der Waals surface area contributed by atoms with E-state index < -0.39 is 26.7 Å². The summed E-state index contributed by atoms with van der Waals surface area (Å²) in [5.41, 5.74) is 0.288. The van der Waals surface area contributed by atoms with Crippen LogP contribution in [0.25, 0.3) is 0 Å². The predicted octanol–water partition coefficient (Wildman–Crippen LogP) is 5.51. The molecule has 2 nitrogen and oxygen atoms in total. The van der Waals surface area contributed by atoms with Crippen molar-refractivity contribution in [2.24, 2.45) is 0 Å². The summed E-state index contributed by atoms with van der Waals surface area (Å²) in [5, 5.41) is 10.5. The number of pyridine rings is 1. The van der Waals surface area contributed by atoms with E-state index in [0.29, 0.717) is 3.43 Å². The van der Waals surface area contributed by atoms with E-state index in [1.807, 2.05) is 0 Å². The van der Waals surface area contributed by atoms with Crippen LogP contribution in [0, 0.1) is 0 Å². The number of aliphatic hydroxyl groups is 1. The van der Waals surface area contributed by atoms with Gasteiger partial charge in [0.15, 0.2) is 0 Å². The van der Waals surface area contributed by atoms with Crippen LogP contribution in [0.3, 0.4) is 0 Å². The molecule has 0 spiro atoms. The van der Waals surface area contributed by atoms with Crippen molar-refractivity contribution in [3.8, 4) is 0 Å². The third-order valence-corrected chi connectivity index (χ3v) is 11.2. The Morgan fingerprint density at radius 1 is 1.00 bits per heavy atom. The predicted molar refractivity (Wildman–Crippen MR) is 109 cm³/mol. The van der Waals surface area contributed by atoms with E-state index >= 15 is 0 Å². The summed E-state index contributed by atoms with van der Waals surface area (Å²) in [6, 6.07) is 4.43. The average molecular weight is 450 g/mol. The Morgan fingerprint density at radius 2 is 1.56 bits per heavy atom. The van der Waals surface area contributed by atoms with Crippen molar-refractivity contribution in [2.75, 3.05) is 0 Å². The van der Waals surface area contributed by atoms with Crippen molar-refractivity contribution in [3.63, 3.8) is 0 Å². The van der Waals surface area contributed by atoms with Crippen LogP contribution in [0.4, 0.5) is 0 Å². The minimum atomic E-state index is -0.695. The summed E-state index contributed by atoms with van der Waals surface area (Å²) in [5.74, 6) is 0. The molecule has 2 radical (unpaired) electrons. The Morgan fingerprint density at radius 3 is 1.92 bits per heavy atom. The summed E-state index contributed by atoms with van der Waals surface area (Å²) < 4.78 is 2.14. The first-order valence-electron chi connectivity index (χ1n) is 10.5. The molecule has 0 unspecified atom stereocenters. The van der Waals surface area contributed by atoms with Crippen LogP contribution in [-0.2, 0) is 5.60 Å². The standard InChI is InChI=1S/C13H27.C9H10NO.Sn/c1-4-7-10-13(11-8-5-2)12-9-6-3;11-9(5-3-6-9)8-4-1-2-7-10-8;/h4-12H2,1-3H3;1,4,7,11H,3,5-6H2;. The summed E-state index contributed by atoms with van der Waals surface area (Å²) in [4.78, 5) is 4.69. The molecule has 0 aliphatic heterocycles. The van der Waals surface area contributed by atoms with E-state index in [2.05, 4.69) is 44.1 Å². The molecule has 0 bridgehead atoms. The molecule has 2 rings (SSSR count). The number of nitrogens with zero attached hydrogens (tertiary/aromatic N) is 1. The van der Waals surface area contributed by atoms with E-state index in [9.17, 15) is 5.11 Å². The van der Waals surface area contributed by atoms with Gasteiger partial charge in [0.25, 0.3) is 0 Å². The van der Waals surface area contributed by atoms with Gasteiger partial charge in [-0.1, -0.05) is 0 Å². The van der Waals surface area contributed by atoms with Crippen LogP contribution < -0.4 is 3.58 Å².